The van der Waals surface area contributed by atoms with Gasteiger partial charge in [-0.3, -0.25) is 4.98 Å². The molecule has 4 aromatic rings. The lowest BCUT2D eigenvalue weighted by Crippen LogP contribution is -2.22. The number of primary sulfonamides is 1. The van der Waals surface area contributed by atoms with Crippen molar-refractivity contribution in [2.24, 2.45) is 10.9 Å². The number of H-pyrrole nitrogens is 1. The maximum atomic E-state index is 12.8. The van der Waals surface area contributed by atoms with Crippen LogP contribution in [0.4, 0.5) is 0 Å². The first-order chi connectivity index (χ1) is 14.7. The van der Waals surface area contributed by atoms with E-state index in [1.54, 1.807) is 18.3 Å². The molecule has 0 aliphatic rings. The van der Waals surface area contributed by atoms with Gasteiger partial charge in [0.2, 0.25) is 10.0 Å². The number of aromatic nitrogens is 5. The Bertz CT molecular complexity index is 1480. The molecule has 4 rings (SSSR count). The summed E-state index contributed by atoms with van der Waals surface area (Å²) in [5, 5.41) is 19.6. The summed E-state index contributed by atoms with van der Waals surface area (Å²) in [4.78, 5) is 3.25. The molecule has 0 atom stereocenters. The van der Waals surface area contributed by atoms with Crippen LogP contribution < -0.4 is 10.9 Å². The quantitative estimate of drug-likeness (QED) is 0.368. The second kappa shape index (κ2) is 7.77. The third kappa shape index (κ3) is 3.79. The first-order valence-corrected chi connectivity index (χ1v) is 12.1. The van der Waals surface area contributed by atoms with E-state index in [0.717, 1.165) is 5.39 Å². The molecule has 0 fully saturated rings. The van der Waals surface area contributed by atoms with Gasteiger partial charge in [0, 0.05) is 23.7 Å². The zero-order chi connectivity index (χ0) is 22.2. The van der Waals surface area contributed by atoms with E-state index in [1.807, 2.05) is 18.2 Å². The highest BCUT2D eigenvalue weighted by atomic mass is 32.2. The van der Waals surface area contributed by atoms with Crippen LogP contribution in [-0.4, -0.2) is 54.7 Å². The molecule has 0 saturated heterocycles. The van der Waals surface area contributed by atoms with Crippen LogP contribution in [0.15, 0.2) is 58.5 Å². The van der Waals surface area contributed by atoms with Crippen molar-refractivity contribution in [1.29, 1.82) is 0 Å². The number of tetrazole rings is 1. The largest absolute Gasteiger partial charge is 0.329 e. The molecule has 0 saturated carbocycles. The van der Waals surface area contributed by atoms with Crippen LogP contribution >= 0.6 is 0 Å². The van der Waals surface area contributed by atoms with Crippen molar-refractivity contribution in [3.8, 4) is 22.5 Å². The number of para-hydroxylation sites is 1. The van der Waals surface area contributed by atoms with Crippen LogP contribution in [0.2, 0.25) is 0 Å². The van der Waals surface area contributed by atoms with Gasteiger partial charge in [0.15, 0.2) is 15.7 Å². The summed E-state index contributed by atoms with van der Waals surface area (Å²) >= 11 is 0. The molecule has 0 spiro atoms. The third-order valence-electron chi connectivity index (χ3n) is 4.65. The highest BCUT2D eigenvalue weighted by Crippen LogP contribution is 2.40. The summed E-state index contributed by atoms with van der Waals surface area (Å²) in [7, 11) is -8.58. The number of nitrogens with one attached hydrogen (secondary N) is 1. The van der Waals surface area contributed by atoms with Crippen LogP contribution in [0.25, 0.3) is 33.4 Å². The second-order valence-electron chi connectivity index (χ2n) is 6.59. The fourth-order valence-electron chi connectivity index (χ4n) is 3.41. The van der Waals surface area contributed by atoms with Crippen molar-refractivity contribution < 1.29 is 16.8 Å². The van der Waals surface area contributed by atoms with Crippen molar-refractivity contribution in [2.75, 3.05) is 12.3 Å². The number of aromatic amines is 1. The van der Waals surface area contributed by atoms with E-state index in [4.69, 9.17) is 10.9 Å². The summed E-state index contributed by atoms with van der Waals surface area (Å²) in [6.45, 7) is -0.192. The number of sulfone groups is 1. The van der Waals surface area contributed by atoms with Gasteiger partial charge in [-0.25, -0.2) is 27.1 Å². The SMILES string of the molecule is NCCS(=O)(=O)c1ccc(-c2ccnc3ccccc23)c(-c2nnn[nH]2)c1S(N)(=O)=O. The molecule has 11 nitrogen and oxygen atoms in total. The Kier molecular flexibility index (Phi) is 5.26. The van der Waals surface area contributed by atoms with Gasteiger partial charge < -0.3 is 5.73 Å². The van der Waals surface area contributed by atoms with Gasteiger partial charge in [-0.15, -0.1) is 5.10 Å². The lowest BCUT2D eigenvalue weighted by Gasteiger charge is -2.17. The standard InChI is InChI=1S/C18H17N7O4S2/c19-8-10-30(26,27)15-6-5-13(11-7-9-21-14-4-2-1-3-12(11)14)16(17(15)31(20,28)29)18-22-24-25-23-18/h1-7,9H,8,10,19H2,(H2,20,28,29)(H,22,23,24,25). The van der Waals surface area contributed by atoms with Crippen LogP contribution in [0.5, 0.6) is 0 Å². The van der Waals surface area contributed by atoms with Crippen molar-refractivity contribution in [1.82, 2.24) is 25.6 Å². The van der Waals surface area contributed by atoms with E-state index in [-0.39, 0.29) is 17.9 Å². The Labute approximate surface area is 177 Å². The number of benzene rings is 2. The molecule has 0 bridgehead atoms. The number of hydrogen-bond donors (Lipinski definition) is 3. The molecular weight excluding hydrogens is 442 g/mol. The van der Waals surface area contributed by atoms with Gasteiger partial charge in [0.25, 0.3) is 0 Å². The van der Waals surface area contributed by atoms with E-state index in [1.165, 1.54) is 12.1 Å². The number of hydrogen-bond acceptors (Lipinski definition) is 9. The Morgan fingerprint density at radius 3 is 2.42 bits per heavy atom. The van der Waals surface area contributed by atoms with Crippen LogP contribution in [0, 0.1) is 0 Å². The van der Waals surface area contributed by atoms with Crippen molar-refractivity contribution >= 4 is 30.8 Å². The molecule has 2 heterocycles. The minimum atomic E-state index is -4.53. The Morgan fingerprint density at radius 2 is 1.74 bits per heavy atom. The van der Waals surface area contributed by atoms with Crippen molar-refractivity contribution in [2.45, 2.75) is 9.79 Å². The van der Waals surface area contributed by atoms with E-state index in [9.17, 15) is 16.8 Å². The fraction of sp³-hybridized carbons (Fsp3) is 0.111. The summed E-state index contributed by atoms with van der Waals surface area (Å²) in [6.07, 6.45) is 1.57. The van der Waals surface area contributed by atoms with E-state index < -0.39 is 35.4 Å². The summed E-state index contributed by atoms with van der Waals surface area (Å²) in [5.74, 6) is -0.508. The Balaban J connectivity index is 2.18. The predicted molar refractivity (Wildman–Crippen MR) is 113 cm³/mol. The van der Waals surface area contributed by atoms with Gasteiger partial charge in [0.05, 0.1) is 16.2 Å². The molecule has 2 aromatic heterocycles. The highest BCUT2D eigenvalue weighted by Gasteiger charge is 2.31. The van der Waals surface area contributed by atoms with Crippen LogP contribution in [0.1, 0.15) is 0 Å². The van der Waals surface area contributed by atoms with Gasteiger partial charge in [-0.2, -0.15) is 0 Å². The summed E-state index contributed by atoms with van der Waals surface area (Å²) in [6, 6.07) is 11.6. The monoisotopic (exact) mass is 459 g/mol. The minimum Gasteiger partial charge on any atom is -0.329 e. The molecule has 31 heavy (non-hydrogen) atoms. The summed E-state index contributed by atoms with van der Waals surface area (Å²) in [5.41, 5.74) is 7.00. The number of sulfonamides is 1. The number of nitrogens with two attached hydrogens (primary N) is 2. The number of fused-ring (bicyclic) bond motifs is 1. The van der Waals surface area contributed by atoms with Crippen molar-refractivity contribution in [3.63, 3.8) is 0 Å². The Hall–Kier alpha value is -3.26. The average Bonchev–Trinajstić information content (AvgIpc) is 3.26. The number of rotatable bonds is 6. The molecule has 0 aliphatic heterocycles. The molecule has 0 radical (unpaired) electrons. The van der Waals surface area contributed by atoms with E-state index in [0.29, 0.717) is 16.6 Å². The van der Waals surface area contributed by atoms with Gasteiger partial charge >= 0.3 is 0 Å². The first-order valence-electron chi connectivity index (χ1n) is 8.95. The van der Waals surface area contributed by atoms with E-state index in [2.05, 4.69) is 25.6 Å². The number of nitrogens with zero attached hydrogens (tertiary/aromatic N) is 4. The topological polar surface area (TPSA) is 188 Å². The molecule has 160 valence electrons. The molecular formula is C18H17N7O4S2. The lowest BCUT2D eigenvalue weighted by atomic mass is 9.96. The third-order valence-corrected chi connectivity index (χ3v) is 7.55. The van der Waals surface area contributed by atoms with Crippen molar-refractivity contribution in [3.05, 3.63) is 48.7 Å². The maximum Gasteiger partial charge on any atom is 0.240 e. The van der Waals surface area contributed by atoms with Gasteiger partial charge in [0.1, 0.15) is 4.90 Å². The second-order valence-corrected chi connectivity index (χ2v) is 10.2. The highest BCUT2D eigenvalue weighted by molar-refractivity contribution is 7.93. The smallest absolute Gasteiger partial charge is 0.240 e. The van der Waals surface area contributed by atoms with Gasteiger partial charge in [-0.1, -0.05) is 24.3 Å². The lowest BCUT2D eigenvalue weighted by molar-refractivity contribution is 0.583. The molecule has 0 unspecified atom stereocenters. The normalized spacial score (nSPS) is 12.3. The zero-order valence-corrected chi connectivity index (χ0v) is 17.6. The molecule has 0 aliphatic carbocycles. The zero-order valence-electron chi connectivity index (χ0n) is 15.9. The minimum absolute atomic E-state index is 0.0512. The molecule has 2 aromatic carbocycles. The molecule has 0 amide bonds. The fourth-order valence-corrected chi connectivity index (χ4v) is 6.17. The average molecular weight is 460 g/mol. The molecule has 13 heteroatoms. The first kappa shape index (κ1) is 21.0. The van der Waals surface area contributed by atoms with Crippen LogP contribution in [0.3, 0.4) is 0 Å². The van der Waals surface area contributed by atoms with Crippen LogP contribution in [-0.2, 0) is 19.9 Å². The van der Waals surface area contributed by atoms with E-state index >= 15 is 0 Å². The Morgan fingerprint density at radius 1 is 0.968 bits per heavy atom. The maximum absolute atomic E-state index is 12.8. The predicted octanol–water partition coefficient (Wildman–Crippen LogP) is 0.462. The number of pyridine rings is 1. The summed E-state index contributed by atoms with van der Waals surface area (Å²) < 4.78 is 50.9. The van der Waals surface area contributed by atoms with Gasteiger partial charge in [-0.05, 0) is 39.8 Å². The molecule has 5 N–H and O–H groups in total.